The summed E-state index contributed by atoms with van der Waals surface area (Å²) in [6.45, 7) is 2.78. The van der Waals surface area contributed by atoms with Crippen molar-refractivity contribution in [2.45, 2.75) is 113 Å². The van der Waals surface area contributed by atoms with Crippen LogP contribution in [0.1, 0.15) is 74.1 Å². The lowest BCUT2D eigenvalue weighted by Gasteiger charge is -2.34. The molecule has 79 heavy (non-hydrogen) atoms. The molecule has 1 heterocycles. The Kier molecular flexibility index (Phi) is 22.6. The first kappa shape index (κ1) is 60.7. The number of aromatic hydroxyl groups is 1. The van der Waals surface area contributed by atoms with Crippen molar-refractivity contribution >= 4 is 70.1 Å². The average Bonchev–Trinajstić information content (AvgIpc) is 3.93. The summed E-state index contributed by atoms with van der Waals surface area (Å²) in [4.78, 5) is 139. The standard InChI is InChI=1S/C56H68N10O13/c1-4-5-20-45(55(78)64-44(29-48(71)72)54(77)61-41(50(58)73)25-33-14-8-6-9-15-33)66(3)56(79)49(32(2)38-30-59-40-19-13-12-18-37(38)40)65-46(68)31-60-52(75)42(26-34-16-10-7-11-17-34)63-53(76)43(27-35-21-23-36(67)24-22-35)62-51(74)39(57)28-47(69)70/h6-19,21-24,30,32,39,41-45,49,59,67H,4-5,20,25-29,31,57H2,1-3H3,(H2,58,73)(H,60,75)(H,61,77)(H,62,74)(H,63,76)(H,64,78)(H,65,68)(H,69,70)(H,71,72)/t32?,39-,41-,42+,43-,44-,45-,49-/m0/s1. The molecule has 23 nitrogen and oxygen atoms in total. The Morgan fingerprint density at radius 3 is 1.70 bits per heavy atom. The fourth-order valence-electron chi connectivity index (χ4n) is 8.80. The molecule has 1 aromatic heterocycles. The summed E-state index contributed by atoms with van der Waals surface area (Å²) in [7, 11) is 1.33. The Bertz CT molecular complexity index is 2940. The highest BCUT2D eigenvalue weighted by Crippen LogP contribution is 2.29. The molecule has 0 aliphatic rings. The lowest BCUT2D eigenvalue weighted by atomic mass is 9.91. The average molecular weight is 1090 g/mol. The van der Waals surface area contributed by atoms with E-state index in [1.807, 2.05) is 19.1 Å². The number of hydrogen-bond donors (Lipinski definition) is 12. The number of carbonyl (C=O) groups excluding carboxylic acids is 8. The number of para-hydroxylation sites is 1. The number of nitrogens with two attached hydrogens (primary N) is 2. The molecule has 14 N–H and O–H groups in total. The number of primary amides is 1. The van der Waals surface area contributed by atoms with E-state index < -0.39 is 127 Å². The number of phenolic OH excluding ortho intramolecular Hbond substituents is 1. The Hall–Kier alpha value is -9.12. The maximum atomic E-state index is 15.0. The number of nitrogens with zero attached hydrogens (tertiary/aromatic N) is 1. The largest absolute Gasteiger partial charge is 0.508 e. The van der Waals surface area contributed by atoms with Gasteiger partial charge in [-0.2, -0.15) is 0 Å². The number of benzene rings is 4. The highest BCUT2D eigenvalue weighted by Gasteiger charge is 2.38. The van der Waals surface area contributed by atoms with Gasteiger partial charge < -0.3 is 68.6 Å². The van der Waals surface area contributed by atoms with E-state index in [1.165, 1.54) is 31.3 Å². The van der Waals surface area contributed by atoms with Gasteiger partial charge in [0.2, 0.25) is 47.3 Å². The second-order valence-electron chi connectivity index (χ2n) is 19.1. The van der Waals surface area contributed by atoms with Crippen LogP contribution in [0, 0.1) is 0 Å². The van der Waals surface area contributed by atoms with Crippen molar-refractivity contribution in [1.29, 1.82) is 0 Å². The van der Waals surface area contributed by atoms with Crippen LogP contribution in [0.4, 0.5) is 0 Å². The van der Waals surface area contributed by atoms with Crippen LogP contribution in [0.5, 0.6) is 5.75 Å². The number of rotatable bonds is 30. The Morgan fingerprint density at radius 2 is 1.11 bits per heavy atom. The number of nitrogens with one attached hydrogen (secondary N) is 7. The lowest BCUT2D eigenvalue weighted by molar-refractivity contribution is -0.144. The smallest absolute Gasteiger partial charge is 0.305 e. The van der Waals surface area contributed by atoms with E-state index >= 15 is 0 Å². The topological polar surface area (TPSA) is 375 Å². The molecule has 0 radical (unpaired) electrons. The normalized spacial score (nSPS) is 14.1. The number of carbonyl (C=O) groups is 10. The SMILES string of the molecule is CCCC[C@@H](C(=O)N[C@@H](CC(=O)O)C(=O)N[C@@H](Cc1ccccc1)C(N)=O)N(C)C(=O)[C@@H](NC(=O)CNC(=O)[C@@H](Cc1ccccc1)NC(=O)[C@H](Cc1ccc(O)cc1)NC(=O)[C@@H](N)CC(=O)O)C(C)c1c[nH]c2ccccc12. The van der Waals surface area contributed by atoms with Crippen LogP contribution in [-0.2, 0) is 67.2 Å². The summed E-state index contributed by atoms with van der Waals surface area (Å²) < 4.78 is 0. The van der Waals surface area contributed by atoms with Crippen LogP contribution >= 0.6 is 0 Å². The van der Waals surface area contributed by atoms with Gasteiger partial charge in [0.05, 0.1) is 25.4 Å². The number of aromatic amines is 1. The molecule has 0 spiro atoms. The van der Waals surface area contributed by atoms with Crippen LogP contribution in [0.2, 0.25) is 0 Å². The number of aliphatic carboxylic acids is 2. The van der Waals surface area contributed by atoms with E-state index in [9.17, 15) is 63.3 Å². The van der Waals surface area contributed by atoms with E-state index in [0.29, 0.717) is 46.0 Å². The van der Waals surface area contributed by atoms with Gasteiger partial charge in [0.1, 0.15) is 42.0 Å². The van der Waals surface area contributed by atoms with E-state index in [-0.39, 0.29) is 31.4 Å². The number of unbranched alkanes of at least 4 members (excludes halogenated alkanes) is 1. The van der Waals surface area contributed by atoms with Crippen LogP contribution in [0.15, 0.2) is 115 Å². The van der Waals surface area contributed by atoms with Gasteiger partial charge in [0.15, 0.2) is 0 Å². The number of fused-ring (bicyclic) bond motifs is 1. The van der Waals surface area contributed by atoms with Crippen molar-refractivity contribution in [2.24, 2.45) is 11.5 Å². The van der Waals surface area contributed by atoms with Crippen molar-refractivity contribution in [1.82, 2.24) is 41.8 Å². The molecule has 0 saturated carbocycles. The predicted molar refractivity (Wildman–Crippen MR) is 289 cm³/mol. The number of carboxylic acids is 2. The van der Waals surface area contributed by atoms with Gasteiger partial charge in [-0.25, -0.2) is 0 Å². The number of carboxylic acid groups (broad SMARTS) is 2. The van der Waals surface area contributed by atoms with Crippen molar-refractivity contribution in [2.75, 3.05) is 13.6 Å². The number of amides is 8. The Labute approximate surface area is 455 Å². The first-order chi connectivity index (χ1) is 37.6. The molecule has 1 unspecified atom stereocenters. The summed E-state index contributed by atoms with van der Waals surface area (Å²) in [6.07, 6.45) is 0.682. The number of aromatic nitrogens is 1. The molecule has 8 amide bonds. The zero-order valence-corrected chi connectivity index (χ0v) is 44.0. The van der Waals surface area contributed by atoms with E-state index in [2.05, 4.69) is 36.9 Å². The predicted octanol–water partition coefficient (Wildman–Crippen LogP) is 1.02. The summed E-state index contributed by atoms with van der Waals surface area (Å²) in [6, 6.07) is 20.0. The first-order valence-corrected chi connectivity index (χ1v) is 25.6. The maximum absolute atomic E-state index is 15.0. The van der Waals surface area contributed by atoms with E-state index in [1.54, 1.807) is 85.9 Å². The van der Waals surface area contributed by atoms with Gasteiger partial charge in [-0.15, -0.1) is 0 Å². The van der Waals surface area contributed by atoms with Gasteiger partial charge in [-0.3, -0.25) is 47.9 Å². The molecule has 0 aliphatic carbocycles. The van der Waals surface area contributed by atoms with Crippen LogP contribution in [0.3, 0.4) is 0 Å². The maximum Gasteiger partial charge on any atom is 0.305 e. The fraction of sp³-hybridized carbons (Fsp3) is 0.357. The van der Waals surface area contributed by atoms with Gasteiger partial charge in [-0.05, 0) is 46.9 Å². The summed E-state index contributed by atoms with van der Waals surface area (Å²) in [5.74, 6) is -10.9. The molecule has 8 atom stereocenters. The first-order valence-electron chi connectivity index (χ1n) is 25.6. The molecule has 0 saturated heterocycles. The lowest BCUT2D eigenvalue weighted by Crippen LogP contribution is -2.60. The zero-order chi connectivity index (χ0) is 57.8. The minimum atomic E-state index is -1.72. The zero-order valence-electron chi connectivity index (χ0n) is 44.0. The summed E-state index contributed by atoms with van der Waals surface area (Å²) >= 11 is 0. The molecule has 0 bridgehead atoms. The number of likely N-dealkylation sites (N-methyl/N-ethyl adjacent to an activating group) is 1. The molecule has 5 rings (SSSR count). The third-order valence-corrected chi connectivity index (χ3v) is 13.2. The molecule has 23 heteroatoms. The van der Waals surface area contributed by atoms with E-state index in [0.717, 1.165) is 4.90 Å². The van der Waals surface area contributed by atoms with Gasteiger partial charge >= 0.3 is 11.9 Å². The van der Waals surface area contributed by atoms with Crippen molar-refractivity contribution in [3.63, 3.8) is 0 Å². The minimum Gasteiger partial charge on any atom is -0.508 e. The highest BCUT2D eigenvalue weighted by atomic mass is 16.4. The van der Waals surface area contributed by atoms with Crippen molar-refractivity contribution in [3.05, 3.63) is 138 Å². The van der Waals surface area contributed by atoms with Gasteiger partial charge in [-0.1, -0.05) is 118 Å². The van der Waals surface area contributed by atoms with Crippen LogP contribution in [-0.4, -0.2) is 140 Å². The van der Waals surface area contributed by atoms with Crippen molar-refractivity contribution < 1.29 is 63.3 Å². The molecule has 0 aliphatic heterocycles. The summed E-state index contributed by atoms with van der Waals surface area (Å²) in [5, 5.41) is 44.9. The number of hydrogen-bond acceptors (Lipinski definition) is 12. The third kappa shape index (κ3) is 18.3. The third-order valence-electron chi connectivity index (χ3n) is 13.2. The molecular weight excluding hydrogens is 1020 g/mol. The Balaban J connectivity index is 1.40. The van der Waals surface area contributed by atoms with Gasteiger partial charge in [0.25, 0.3) is 0 Å². The number of H-pyrrole nitrogens is 1. The molecule has 4 aromatic carbocycles. The molecule has 420 valence electrons. The van der Waals surface area contributed by atoms with Crippen LogP contribution in [0.25, 0.3) is 10.9 Å². The van der Waals surface area contributed by atoms with Crippen LogP contribution < -0.4 is 43.4 Å². The quantitative estimate of drug-likeness (QED) is 0.0306. The molecule has 0 fully saturated rings. The monoisotopic (exact) mass is 1090 g/mol. The second-order valence-corrected chi connectivity index (χ2v) is 19.1. The van der Waals surface area contributed by atoms with Gasteiger partial charge in [0, 0.05) is 49.3 Å². The fourth-order valence-corrected chi connectivity index (χ4v) is 8.80. The van der Waals surface area contributed by atoms with Crippen molar-refractivity contribution in [3.8, 4) is 5.75 Å². The minimum absolute atomic E-state index is 0.0264. The molecular formula is C56H68N10O13. The highest BCUT2D eigenvalue weighted by molar-refractivity contribution is 5.99. The summed E-state index contributed by atoms with van der Waals surface area (Å²) in [5.41, 5.74) is 14.5. The van der Waals surface area contributed by atoms with E-state index in [4.69, 9.17) is 11.5 Å². The molecule has 5 aromatic rings. The Morgan fingerprint density at radius 1 is 0.608 bits per heavy atom. The second kappa shape index (κ2) is 29.4. The number of phenols is 1.